The number of rotatable bonds is 5. The average Bonchev–Trinajstić information content (AvgIpc) is 3.03. The summed E-state index contributed by atoms with van der Waals surface area (Å²) in [5.41, 5.74) is 0.982. The van der Waals surface area contributed by atoms with Crippen LogP contribution in [0.15, 0.2) is 36.4 Å². The number of nitrogens with one attached hydrogen (secondary N) is 2. The van der Waals surface area contributed by atoms with Crippen LogP contribution >= 0.6 is 12.4 Å². The van der Waals surface area contributed by atoms with Crippen molar-refractivity contribution in [3.63, 3.8) is 0 Å². The SMILES string of the molecule is COc1ccc2cc(C(C)C(=O)NCC3CNCC3O)ccc2c1.Cl. The highest BCUT2D eigenvalue weighted by molar-refractivity contribution is 5.88. The van der Waals surface area contributed by atoms with Gasteiger partial charge in [-0.25, -0.2) is 0 Å². The number of amides is 1. The van der Waals surface area contributed by atoms with Gasteiger partial charge in [-0.05, 0) is 35.4 Å². The predicted molar refractivity (Wildman–Crippen MR) is 102 cm³/mol. The lowest BCUT2D eigenvalue weighted by molar-refractivity contribution is -0.122. The van der Waals surface area contributed by atoms with E-state index in [4.69, 9.17) is 4.74 Å². The molecule has 1 aliphatic rings. The number of β-amino-alcohol motifs (C(OH)–C–C–N with tert-alkyl or cyclic N) is 1. The molecule has 0 aliphatic carbocycles. The highest BCUT2D eigenvalue weighted by Gasteiger charge is 2.26. The quantitative estimate of drug-likeness (QED) is 0.759. The van der Waals surface area contributed by atoms with Crippen LogP contribution in [-0.2, 0) is 4.79 Å². The molecule has 0 spiro atoms. The number of aliphatic hydroxyl groups is 1. The van der Waals surface area contributed by atoms with Gasteiger partial charge in [-0.1, -0.05) is 24.3 Å². The number of halogens is 1. The van der Waals surface area contributed by atoms with E-state index in [1.807, 2.05) is 43.3 Å². The maximum Gasteiger partial charge on any atom is 0.227 e. The largest absolute Gasteiger partial charge is 0.497 e. The number of ether oxygens (including phenoxy) is 1. The van der Waals surface area contributed by atoms with Crippen molar-refractivity contribution in [2.45, 2.75) is 18.9 Å². The second-order valence-corrected chi connectivity index (χ2v) is 6.43. The van der Waals surface area contributed by atoms with E-state index < -0.39 is 0 Å². The molecule has 1 aliphatic heterocycles. The van der Waals surface area contributed by atoms with Crippen LogP contribution < -0.4 is 15.4 Å². The van der Waals surface area contributed by atoms with Crippen molar-refractivity contribution < 1.29 is 14.6 Å². The van der Waals surface area contributed by atoms with Gasteiger partial charge in [0.25, 0.3) is 0 Å². The first kappa shape index (κ1) is 19.5. The van der Waals surface area contributed by atoms with Crippen LogP contribution in [0.3, 0.4) is 0 Å². The van der Waals surface area contributed by atoms with Gasteiger partial charge in [-0.3, -0.25) is 4.79 Å². The molecule has 3 N–H and O–H groups in total. The van der Waals surface area contributed by atoms with E-state index in [0.29, 0.717) is 13.1 Å². The standard InChI is InChI=1S/C19H24N2O3.ClH/c1-12(19(23)21-10-16-9-20-11-18(16)22)13-3-4-15-8-17(24-2)6-5-14(15)7-13;/h3-8,12,16,18,20,22H,9-11H2,1-2H3,(H,21,23);1H. The van der Waals surface area contributed by atoms with Crippen molar-refractivity contribution in [1.29, 1.82) is 0 Å². The summed E-state index contributed by atoms with van der Waals surface area (Å²) in [4.78, 5) is 12.4. The van der Waals surface area contributed by atoms with Gasteiger partial charge < -0.3 is 20.5 Å². The molecule has 0 radical (unpaired) electrons. The molecule has 1 amide bonds. The third-order valence-corrected chi connectivity index (χ3v) is 4.81. The Balaban J connectivity index is 0.00000225. The molecule has 136 valence electrons. The van der Waals surface area contributed by atoms with Crippen LogP contribution in [0.4, 0.5) is 0 Å². The van der Waals surface area contributed by atoms with Gasteiger partial charge in [0, 0.05) is 25.6 Å². The lowest BCUT2D eigenvalue weighted by Crippen LogP contribution is -2.36. The van der Waals surface area contributed by atoms with Crippen molar-refractivity contribution >= 4 is 29.1 Å². The zero-order valence-corrected chi connectivity index (χ0v) is 15.3. The van der Waals surface area contributed by atoms with E-state index in [-0.39, 0.29) is 36.3 Å². The minimum absolute atomic E-state index is 0. The summed E-state index contributed by atoms with van der Waals surface area (Å²) in [6, 6.07) is 12.0. The molecule has 3 atom stereocenters. The van der Waals surface area contributed by atoms with E-state index in [2.05, 4.69) is 10.6 Å². The molecular formula is C19H25ClN2O3. The Morgan fingerprint density at radius 1 is 1.28 bits per heavy atom. The van der Waals surface area contributed by atoms with Crippen LogP contribution in [0.1, 0.15) is 18.4 Å². The normalized spacial score (nSPS) is 20.8. The average molecular weight is 365 g/mol. The molecule has 1 fully saturated rings. The number of hydrogen-bond donors (Lipinski definition) is 3. The molecule has 5 nitrogen and oxygen atoms in total. The number of benzene rings is 2. The van der Waals surface area contributed by atoms with E-state index in [9.17, 15) is 9.90 Å². The van der Waals surface area contributed by atoms with Crippen molar-refractivity contribution in [3.8, 4) is 5.75 Å². The Labute approximate surface area is 154 Å². The Bertz CT molecular complexity index is 738. The number of methoxy groups -OCH3 is 1. The fraction of sp³-hybridized carbons (Fsp3) is 0.421. The highest BCUT2D eigenvalue weighted by Crippen LogP contribution is 2.25. The first-order chi connectivity index (χ1) is 11.6. The zero-order chi connectivity index (χ0) is 17.1. The van der Waals surface area contributed by atoms with Gasteiger partial charge in [-0.15, -0.1) is 12.4 Å². The summed E-state index contributed by atoms with van der Waals surface area (Å²) in [5.74, 6) is 0.667. The fourth-order valence-electron chi connectivity index (χ4n) is 3.10. The first-order valence-corrected chi connectivity index (χ1v) is 8.32. The molecule has 1 heterocycles. The lowest BCUT2D eigenvalue weighted by atomic mass is 9.96. The zero-order valence-electron chi connectivity index (χ0n) is 14.5. The van der Waals surface area contributed by atoms with Crippen LogP contribution in [0.5, 0.6) is 5.75 Å². The smallest absolute Gasteiger partial charge is 0.227 e. The van der Waals surface area contributed by atoms with E-state index in [1.54, 1.807) is 7.11 Å². The fourth-order valence-corrected chi connectivity index (χ4v) is 3.10. The van der Waals surface area contributed by atoms with E-state index in [1.165, 1.54) is 0 Å². The summed E-state index contributed by atoms with van der Waals surface area (Å²) >= 11 is 0. The van der Waals surface area contributed by atoms with Crippen LogP contribution in [0.25, 0.3) is 10.8 Å². The Hall–Kier alpha value is -1.82. The van der Waals surface area contributed by atoms with Gasteiger partial charge in [0.1, 0.15) is 5.75 Å². The molecule has 0 saturated carbocycles. The molecule has 3 rings (SSSR count). The Morgan fingerprint density at radius 2 is 2.00 bits per heavy atom. The second-order valence-electron chi connectivity index (χ2n) is 6.43. The third kappa shape index (κ3) is 4.42. The number of aliphatic hydroxyl groups excluding tert-OH is 1. The molecule has 0 bridgehead atoms. The monoisotopic (exact) mass is 364 g/mol. The first-order valence-electron chi connectivity index (χ1n) is 8.32. The van der Waals surface area contributed by atoms with Crippen molar-refractivity contribution in [1.82, 2.24) is 10.6 Å². The summed E-state index contributed by atoms with van der Waals surface area (Å²) < 4.78 is 5.24. The summed E-state index contributed by atoms with van der Waals surface area (Å²) in [7, 11) is 1.65. The molecule has 2 aromatic rings. The van der Waals surface area contributed by atoms with Crippen molar-refractivity contribution in [2.24, 2.45) is 5.92 Å². The Kier molecular flexibility index (Phi) is 6.64. The van der Waals surface area contributed by atoms with Crippen molar-refractivity contribution in [2.75, 3.05) is 26.7 Å². The molecule has 3 unspecified atom stereocenters. The minimum atomic E-state index is -0.378. The van der Waals surface area contributed by atoms with Crippen LogP contribution in [0.2, 0.25) is 0 Å². The number of fused-ring (bicyclic) bond motifs is 1. The molecule has 2 aromatic carbocycles. The molecular weight excluding hydrogens is 340 g/mol. The van der Waals surface area contributed by atoms with E-state index in [0.717, 1.165) is 28.6 Å². The molecule has 1 saturated heterocycles. The maximum absolute atomic E-state index is 12.4. The number of carbonyl (C=O) groups is 1. The summed E-state index contributed by atoms with van der Waals surface area (Å²) in [6.45, 7) is 3.75. The maximum atomic E-state index is 12.4. The number of carbonyl (C=O) groups excluding carboxylic acids is 1. The van der Waals surface area contributed by atoms with Crippen LogP contribution in [0, 0.1) is 5.92 Å². The van der Waals surface area contributed by atoms with Gasteiger partial charge in [0.15, 0.2) is 0 Å². The molecule has 6 heteroatoms. The van der Waals surface area contributed by atoms with Gasteiger partial charge in [0.2, 0.25) is 5.91 Å². The summed E-state index contributed by atoms with van der Waals surface area (Å²) in [6.07, 6.45) is -0.378. The topological polar surface area (TPSA) is 70.6 Å². The molecule has 25 heavy (non-hydrogen) atoms. The second kappa shape index (κ2) is 8.52. The minimum Gasteiger partial charge on any atom is -0.497 e. The van der Waals surface area contributed by atoms with Gasteiger partial charge in [-0.2, -0.15) is 0 Å². The number of hydrogen-bond acceptors (Lipinski definition) is 4. The van der Waals surface area contributed by atoms with Crippen molar-refractivity contribution in [3.05, 3.63) is 42.0 Å². The summed E-state index contributed by atoms with van der Waals surface area (Å²) in [5, 5.41) is 18.1. The lowest BCUT2D eigenvalue weighted by Gasteiger charge is -2.17. The van der Waals surface area contributed by atoms with E-state index >= 15 is 0 Å². The van der Waals surface area contributed by atoms with Crippen LogP contribution in [-0.4, -0.2) is 43.9 Å². The molecule has 0 aromatic heterocycles. The predicted octanol–water partition coefficient (Wildman–Crippen LogP) is 2.07. The third-order valence-electron chi connectivity index (χ3n) is 4.81. The highest BCUT2D eigenvalue weighted by atomic mass is 35.5. The van der Waals surface area contributed by atoms with Gasteiger partial charge in [0.05, 0.1) is 19.1 Å². The Morgan fingerprint density at radius 3 is 2.68 bits per heavy atom. The van der Waals surface area contributed by atoms with Gasteiger partial charge >= 0.3 is 0 Å².